The molecule has 0 aromatic carbocycles. The van der Waals surface area contributed by atoms with Gasteiger partial charge in [0.1, 0.15) is 11.8 Å². The second-order valence-electron chi connectivity index (χ2n) is 4.13. The molecule has 1 saturated carbocycles. The maximum Gasteiger partial charge on any atom is 0.272 e. The van der Waals surface area contributed by atoms with E-state index in [-0.39, 0.29) is 11.1 Å². The van der Waals surface area contributed by atoms with Crippen molar-refractivity contribution in [3.63, 3.8) is 0 Å². The molecule has 0 radical (unpaired) electrons. The van der Waals surface area contributed by atoms with Crippen LogP contribution >= 0.6 is 0 Å². The fourth-order valence-electron chi connectivity index (χ4n) is 1.93. The minimum atomic E-state index is -0.242. The molecule has 4 nitrogen and oxygen atoms in total. The summed E-state index contributed by atoms with van der Waals surface area (Å²) >= 11 is 0. The van der Waals surface area contributed by atoms with Crippen LogP contribution in [0.5, 0.6) is 5.75 Å². The van der Waals surface area contributed by atoms with E-state index in [1.807, 2.05) is 6.07 Å². The third-order valence-corrected chi connectivity index (χ3v) is 3.14. The summed E-state index contributed by atoms with van der Waals surface area (Å²) in [5, 5.41) is 8.92. The molecule has 0 aliphatic heterocycles. The molecule has 84 valence electrons. The molecule has 0 N–H and O–H groups in total. The normalized spacial score (nSPS) is 15.2. The van der Waals surface area contributed by atoms with Gasteiger partial charge in [0.25, 0.3) is 5.56 Å². The van der Waals surface area contributed by atoms with Gasteiger partial charge in [0.05, 0.1) is 7.11 Å². The predicted molar refractivity (Wildman–Crippen MR) is 59.3 cm³/mol. The van der Waals surface area contributed by atoms with E-state index in [4.69, 9.17) is 10.00 Å². The molecule has 0 spiro atoms. The molecule has 4 heteroatoms. The molecular weight excluding hydrogens is 204 g/mol. The molecule has 0 bridgehead atoms. The van der Waals surface area contributed by atoms with Crippen molar-refractivity contribution in [2.45, 2.75) is 25.8 Å². The summed E-state index contributed by atoms with van der Waals surface area (Å²) in [6.07, 6.45) is 5.32. The highest BCUT2D eigenvalue weighted by Crippen LogP contribution is 2.27. The third kappa shape index (κ3) is 1.81. The molecule has 1 aliphatic carbocycles. The smallest absolute Gasteiger partial charge is 0.272 e. The average molecular weight is 218 g/mol. The Balaban J connectivity index is 2.33. The van der Waals surface area contributed by atoms with Gasteiger partial charge in [0.15, 0.2) is 5.56 Å². The Morgan fingerprint density at radius 2 is 2.38 bits per heavy atom. The van der Waals surface area contributed by atoms with Crippen molar-refractivity contribution in [1.82, 2.24) is 4.57 Å². The lowest BCUT2D eigenvalue weighted by atomic mass is 9.85. The first kappa shape index (κ1) is 10.7. The molecule has 0 unspecified atom stereocenters. The van der Waals surface area contributed by atoms with E-state index in [2.05, 4.69) is 0 Å². The summed E-state index contributed by atoms with van der Waals surface area (Å²) in [6, 6.07) is 3.59. The lowest BCUT2D eigenvalue weighted by Crippen LogP contribution is -2.28. The molecule has 2 rings (SSSR count). The molecule has 1 aromatic heterocycles. The topological polar surface area (TPSA) is 55.0 Å². The molecule has 1 heterocycles. The first-order valence-electron chi connectivity index (χ1n) is 5.43. The van der Waals surface area contributed by atoms with E-state index in [9.17, 15) is 4.79 Å². The molecule has 1 aliphatic rings. The fourth-order valence-corrected chi connectivity index (χ4v) is 1.93. The zero-order valence-corrected chi connectivity index (χ0v) is 9.27. The van der Waals surface area contributed by atoms with Gasteiger partial charge in [-0.25, -0.2) is 0 Å². The highest BCUT2D eigenvalue weighted by molar-refractivity contribution is 5.40. The Morgan fingerprint density at radius 3 is 2.88 bits per heavy atom. The number of rotatable bonds is 3. The Kier molecular flexibility index (Phi) is 2.95. The Hall–Kier alpha value is -1.76. The SMILES string of the molecule is COc1ccn(CC2CCC2)c(=O)c1C#N. The summed E-state index contributed by atoms with van der Waals surface area (Å²) < 4.78 is 6.60. The highest BCUT2D eigenvalue weighted by atomic mass is 16.5. The van der Waals surface area contributed by atoms with E-state index < -0.39 is 0 Å². The van der Waals surface area contributed by atoms with Crippen LogP contribution in [-0.2, 0) is 6.54 Å². The lowest BCUT2D eigenvalue weighted by Gasteiger charge is -2.26. The number of hydrogen-bond donors (Lipinski definition) is 0. The van der Waals surface area contributed by atoms with Gasteiger partial charge in [-0.2, -0.15) is 5.26 Å². The standard InChI is InChI=1S/C12H14N2O2/c1-16-11-5-6-14(8-9-3-2-4-9)12(15)10(11)7-13/h5-6,9H,2-4,8H2,1H3. The summed E-state index contributed by atoms with van der Waals surface area (Å²) in [5.41, 5.74) is -0.141. The van der Waals surface area contributed by atoms with Crippen molar-refractivity contribution >= 4 is 0 Å². The summed E-state index contributed by atoms with van der Waals surface area (Å²) in [6.45, 7) is 0.720. The van der Waals surface area contributed by atoms with Crippen LogP contribution in [0.4, 0.5) is 0 Å². The summed E-state index contributed by atoms with van der Waals surface area (Å²) in [4.78, 5) is 11.9. The fraction of sp³-hybridized carbons (Fsp3) is 0.500. The molecule has 1 aromatic rings. The third-order valence-electron chi connectivity index (χ3n) is 3.14. The van der Waals surface area contributed by atoms with Gasteiger partial charge < -0.3 is 9.30 Å². The van der Waals surface area contributed by atoms with Crippen LogP contribution in [0.3, 0.4) is 0 Å². The number of ether oxygens (including phenoxy) is 1. The van der Waals surface area contributed by atoms with Crippen molar-refractivity contribution < 1.29 is 4.74 Å². The number of methoxy groups -OCH3 is 1. The minimum Gasteiger partial charge on any atom is -0.495 e. The Bertz CT molecular complexity index is 481. The Labute approximate surface area is 94.1 Å². The van der Waals surface area contributed by atoms with Gasteiger partial charge in [-0.15, -0.1) is 0 Å². The monoisotopic (exact) mass is 218 g/mol. The van der Waals surface area contributed by atoms with Gasteiger partial charge in [0, 0.05) is 12.7 Å². The van der Waals surface area contributed by atoms with E-state index in [1.54, 1.807) is 16.8 Å². The quantitative estimate of drug-likeness (QED) is 0.773. The number of hydrogen-bond acceptors (Lipinski definition) is 3. The number of pyridine rings is 1. The van der Waals surface area contributed by atoms with E-state index in [0.717, 1.165) is 6.54 Å². The van der Waals surface area contributed by atoms with Gasteiger partial charge in [-0.1, -0.05) is 6.42 Å². The lowest BCUT2D eigenvalue weighted by molar-refractivity contribution is 0.273. The highest BCUT2D eigenvalue weighted by Gasteiger charge is 2.19. The second-order valence-corrected chi connectivity index (χ2v) is 4.13. The van der Waals surface area contributed by atoms with Gasteiger partial charge in [-0.05, 0) is 24.8 Å². The van der Waals surface area contributed by atoms with E-state index in [1.165, 1.54) is 26.4 Å². The zero-order chi connectivity index (χ0) is 11.5. The zero-order valence-electron chi connectivity index (χ0n) is 9.27. The van der Waals surface area contributed by atoms with Crippen LogP contribution in [0.1, 0.15) is 24.8 Å². The first-order chi connectivity index (χ1) is 7.76. The average Bonchev–Trinajstić information content (AvgIpc) is 2.24. The number of nitrogens with zero attached hydrogens (tertiary/aromatic N) is 2. The molecular formula is C12H14N2O2. The van der Waals surface area contributed by atoms with Crippen molar-refractivity contribution in [2.75, 3.05) is 7.11 Å². The maximum atomic E-state index is 11.9. The molecule has 0 saturated heterocycles. The molecule has 0 amide bonds. The summed E-state index contributed by atoms with van der Waals surface area (Å²) in [5.74, 6) is 0.954. The maximum absolute atomic E-state index is 11.9. The van der Waals surface area contributed by atoms with Crippen LogP contribution in [0.2, 0.25) is 0 Å². The van der Waals surface area contributed by atoms with Gasteiger partial charge in [-0.3, -0.25) is 4.79 Å². The largest absolute Gasteiger partial charge is 0.495 e. The van der Waals surface area contributed by atoms with Crippen LogP contribution in [0.25, 0.3) is 0 Å². The molecule has 16 heavy (non-hydrogen) atoms. The van der Waals surface area contributed by atoms with Crippen molar-refractivity contribution in [2.24, 2.45) is 5.92 Å². The van der Waals surface area contributed by atoms with Crippen molar-refractivity contribution in [3.05, 3.63) is 28.2 Å². The van der Waals surface area contributed by atoms with Gasteiger partial charge in [0.2, 0.25) is 0 Å². The predicted octanol–water partition coefficient (Wildman–Crippen LogP) is 1.53. The Morgan fingerprint density at radius 1 is 1.62 bits per heavy atom. The second kappa shape index (κ2) is 4.40. The van der Waals surface area contributed by atoms with Crippen molar-refractivity contribution in [3.8, 4) is 11.8 Å². The van der Waals surface area contributed by atoms with E-state index in [0.29, 0.717) is 11.7 Å². The van der Waals surface area contributed by atoms with Gasteiger partial charge >= 0.3 is 0 Å². The van der Waals surface area contributed by atoms with E-state index >= 15 is 0 Å². The van der Waals surface area contributed by atoms with Crippen LogP contribution in [-0.4, -0.2) is 11.7 Å². The number of nitriles is 1. The van der Waals surface area contributed by atoms with Crippen LogP contribution in [0, 0.1) is 17.2 Å². The summed E-state index contributed by atoms with van der Waals surface area (Å²) in [7, 11) is 1.46. The molecule has 1 fully saturated rings. The number of aromatic nitrogens is 1. The first-order valence-corrected chi connectivity index (χ1v) is 5.43. The minimum absolute atomic E-state index is 0.101. The van der Waals surface area contributed by atoms with Crippen LogP contribution < -0.4 is 10.3 Å². The molecule has 0 atom stereocenters. The van der Waals surface area contributed by atoms with Crippen molar-refractivity contribution in [1.29, 1.82) is 5.26 Å². The van der Waals surface area contributed by atoms with Crippen LogP contribution in [0.15, 0.2) is 17.1 Å².